The lowest BCUT2D eigenvalue weighted by atomic mass is 9.82. The van der Waals surface area contributed by atoms with E-state index in [-0.39, 0.29) is 5.41 Å². The summed E-state index contributed by atoms with van der Waals surface area (Å²) in [7, 11) is 1.74. The topological polar surface area (TPSA) is 38.8 Å². The van der Waals surface area contributed by atoms with Crippen LogP contribution in [0.15, 0.2) is 24.3 Å². The number of ether oxygens (including phenoxy) is 2. The molecule has 2 heterocycles. The number of amides is 1. The number of rotatable bonds is 4. The van der Waals surface area contributed by atoms with Crippen LogP contribution in [0.3, 0.4) is 0 Å². The summed E-state index contributed by atoms with van der Waals surface area (Å²) in [5.41, 5.74) is 2.88. The van der Waals surface area contributed by atoms with Crippen LogP contribution >= 0.6 is 0 Å². The minimum Gasteiger partial charge on any atom is -0.384 e. The zero-order valence-electron chi connectivity index (χ0n) is 13.8. The highest BCUT2D eigenvalue weighted by Gasteiger charge is 2.51. The van der Waals surface area contributed by atoms with Crippen molar-refractivity contribution in [3.63, 3.8) is 0 Å². The van der Waals surface area contributed by atoms with Gasteiger partial charge in [0, 0.05) is 38.0 Å². The molecule has 0 saturated carbocycles. The highest BCUT2D eigenvalue weighted by atomic mass is 16.5. The van der Waals surface area contributed by atoms with Crippen LogP contribution in [0.4, 0.5) is 0 Å². The Morgan fingerprint density at radius 3 is 2.78 bits per heavy atom. The van der Waals surface area contributed by atoms with Crippen LogP contribution in [0.2, 0.25) is 0 Å². The second-order valence-electron chi connectivity index (χ2n) is 7.53. The van der Waals surface area contributed by atoms with Gasteiger partial charge in [0.15, 0.2) is 0 Å². The molecule has 1 aromatic rings. The van der Waals surface area contributed by atoms with Gasteiger partial charge in [-0.25, -0.2) is 0 Å². The van der Waals surface area contributed by atoms with Crippen molar-refractivity contribution in [2.24, 2.45) is 17.3 Å². The number of fused-ring (bicyclic) bond motifs is 2. The second-order valence-corrected chi connectivity index (χ2v) is 7.53. The zero-order chi connectivity index (χ0) is 15.9. The van der Waals surface area contributed by atoms with E-state index < -0.39 is 0 Å². The van der Waals surface area contributed by atoms with Crippen LogP contribution < -0.4 is 0 Å². The molecule has 0 aromatic heterocycles. The quantitative estimate of drug-likeness (QED) is 0.852. The van der Waals surface area contributed by atoms with E-state index >= 15 is 0 Å². The Hall–Kier alpha value is -1.39. The molecule has 124 valence electrons. The lowest BCUT2D eigenvalue weighted by molar-refractivity contribution is -0.132. The first-order valence-electron chi connectivity index (χ1n) is 8.61. The summed E-state index contributed by atoms with van der Waals surface area (Å²) in [6, 6.07) is 8.59. The van der Waals surface area contributed by atoms with E-state index in [0.717, 1.165) is 39.1 Å². The van der Waals surface area contributed by atoms with Crippen LogP contribution in [0.25, 0.3) is 0 Å². The van der Waals surface area contributed by atoms with Gasteiger partial charge in [0.25, 0.3) is 0 Å². The van der Waals surface area contributed by atoms with Crippen LogP contribution in [0.5, 0.6) is 0 Å². The number of nitrogens with zero attached hydrogens (tertiary/aromatic N) is 1. The number of carbonyl (C=O) groups excluding carboxylic acids is 1. The number of carbonyl (C=O) groups is 1. The Morgan fingerprint density at radius 1 is 1.35 bits per heavy atom. The molecule has 4 heteroatoms. The summed E-state index contributed by atoms with van der Waals surface area (Å²) < 4.78 is 11.1. The number of hydrogen-bond donors (Lipinski definition) is 0. The minimum atomic E-state index is 0.0308. The molecule has 0 N–H and O–H groups in total. The first-order valence-corrected chi connectivity index (χ1v) is 8.61. The number of likely N-dealkylation sites (tertiary alicyclic amines) is 1. The van der Waals surface area contributed by atoms with Crippen molar-refractivity contribution in [2.75, 3.05) is 40.0 Å². The molecule has 0 spiro atoms. The maximum absolute atomic E-state index is 12.8. The van der Waals surface area contributed by atoms with Gasteiger partial charge in [0.05, 0.1) is 19.8 Å². The summed E-state index contributed by atoms with van der Waals surface area (Å²) in [6.07, 6.45) is 2.77. The second kappa shape index (κ2) is 5.91. The van der Waals surface area contributed by atoms with Crippen molar-refractivity contribution in [1.82, 2.24) is 4.90 Å². The maximum Gasteiger partial charge on any atom is 0.222 e. The lowest BCUT2D eigenvalue weighted by Gasteiger charge is -2.26. The fourth-order valence-corrected chi connectivity index (χ4v) is 4.68. The Kier molecular flexibility index (Phi) is 3.90. The van der Waals surface area contributed by atoms with Gasteiger partial charge in [-0.1, -0.05) is 24.3 Å². The van der Waals surface area contributed by atoms with E-state index in [1.165, 1.54) is 11.1 Å². The standard InChI is InChI=1S/C19H25NO3/c1-22-12-19-11-20(9-17(19)10-23-13-19)18(21)8-14-6-15-4-2-3-5-16(15)7-14/h2-5,14,17H,6-13H2,1H3/t17-,19-/m0/s1. The molecular weight excluding hydrogens is 290 g/mol. The molecule has 4 rings (SSSR count). The van der Waals surface area contributed by atoms with E-state index in [2.05, 4.69) is 29.2 Å². The molecule has 2 aliphatic heterocycles. The van der Waals surface area contributed by atoms with Crippen LogP contribution in [-0.4, -0.2) is 50.8 Å². The predicted molar refractivity (Wildman–Crippen MR) is 87.2 cm³/mol. The van der Waals surface area contributed by atoms with Gasteiger partial charge in [-0.3, -0.25) is 4.79 Å². The predicted octanol–water partition coefficient (Wildman–Crippen LogP) is 1.91. The van der Waals surface area contributed by atoms with Crippen LogP contribution in [0.1, 0.15) is 17.5 Å². The van der Waals surface area contributed by atoms with Crippen molar-refractivity contribution in [2.45, 2.75) is 19.3 Å². The SMILES string of the molecule is COC[C@@]12COC[C@@H]1CN(C(=O)CC1Cc3ccccc3C1)C2. The van der Waals surface area contributed by atoms with Crippen molar-refractivity contribution in [3.05, 3.63) is 35.4 Å². The Morgan fingerprint density at radius 2 is 2.09 bits per heavy atom. The number of methoxy groups -OCH3 is 1. The molecule has 1 aliphatic carbocycles. The molecule has 0 radical (unpaired) electrons. The largest absolute Gasteiger partial charge is 0.384 e. The fraction of sp³-hybridized carbons (Fsp3) is 0.632. The van der Waals surface area contributed by atoms with Crippen molar-refractivity contribution >= 4 is 5.91 Å². The zero-order valence-corrected chi connectivity index (χ0v) is 13.8. The number of benzene rings is 1. The molecular formula is C19H25NO3. The van der Waals surface area contributed by atoms with E-state index in [4.69, 9.17) is 9.47 Å². The first kappa shape index (κ1) is 15.2. The molecule has 1 amide bonds. The smallest absolute Gasteiger partial charge is 0.222 e. The van der Waals surface area contributed by atoms with Crippen molar-refractivity contribution in [3.8, 4) is 0 Å². The third kappa shape index (κ3) is 2.68. The van der Waals surface area contributed by atoms with E-state index in [1.54, 1.807) is 7.11 Å². The summed E-state index contributed by atoms with van der Waals surface area (Å²) in [6.45, 7) is 3.81. The Labute approximate surface area is 137 Å². The van der Waals surface area contributed by atoms with Crippen molar-refractivity contribution in [1.29, 1.82) is 0 Å². The lowest BCUT2D eigenvalue weighted by Crippen LogP contribution is -2.37. The maximum atomic E-state index is 12.8. The minimum absolute atomic E-state index is 0.0308. The van der Waals surface area contributed by atoms with Crippen molar-refractivity contribution < 1.29 is 14.3 Å². The van der Waals surface area contributed by atoms with Gasteiger partial charge in [-0.05, 0) is 29.9 Å². The van der Waals surface area contributed by atoms with Crippen LogP contribution in [0, 0.1) is 17.3 Å². The van der Waals surface area contributed by atoms with E-state index in [1.807, 2.05) is 0 Å². The highest BCUT2D eigenvalue weighted by molar-refractivity contribution is 5.77. The molecule has 2 fully saturated rings. The number of hydrogen-bond acceptors (Lipinski definition) is 3. The average molecular weight is 315 g/mol. The molecule has 23 heavy (non-hydrogen) atoms. The third-order valence-corrected chi connectivity index (χ3v) is 5.90. The Balaban J connectivity index is 1.38. The van der Waals surface area contributed by atoms with Gasteiger partial charge in [0.1, 0.15) is 0 Å². The first-order chi connectivity index (χ1) is 11.2. The molecule has 3 aliphatic rings. The molecule has 0 bridgehead atoms. The molecule has 2 atom stereocenters. The molecule has 4 nitrogen and oxygen atoms in total. The monoisotopic (exact) mass is 315 g/mol. The van der Waals surface area contributed by atoms with Gasteiger partial charge in [0.2, 0.25) is 5.91 Å². The normalized spacial score (nSPS) is 29.8. The highest BCUT2D eigenvalue weighted by Crippen LogP contribution is 2.42. The van der Waals surface area contributed by atoms with Gasteiger partial charge < -0.3 is 14.4 Å². The van der Waals surface area contributed by atoms with Gasteiger partial charge in [-0.2, -0.15) is 0 Å². The van der Waals surface area contributed by atoms with E-state index in [0.29, 0.717) is 30.8 Å². The summed E-state index contributed by atoms with van der Waals surface area (Å²) in [5, 5.41) is 0. The molecule has 0 unspecified atom stereocenters. The van der Waals surface area contributed by atoms with Crippen LogP contribution in [-0.2, 0) is 27.1 Å². The summed E-state index contributed by atoms with van der Waals surface area (Å²) in [5.74, 6) is 1.22. The van der Waals surface area contributed by atoms with Gasteiger partial charge >= 0.3 is 0 Å². The molecule has 1 aromatic carbocycles. The summed E-state index contributed by atoms with van der Waals surface area (Å²) in [4.78, 5) is 14.8. The third-order valence-electron chi connectivity index (χ3n) is 5.90. The van der Waals surface area contributed by atoms with E-state index in [9.17, 15) is 4.79 Å². The average Bonchev–Trinajstić information content (AvgIpc) is 3.18. The molecule has 2 saturated heterocycles. The van der Waals surface area contributed by atoms with Gasteiger partial charge in [-0.15, -0.1) is 0 Å². The Bertz CT molecular complexity index is 577. The summed E-state index contributed by atoms with van der Waals surface area (Å²) >= 11 is 0. The fourth-order valence-electron chi connectivity index (χ4n) is 4.68.